The molecule has 1 saturated heterocycles. The number of hydrogen-bond donors (Lipinski definition) is 1. The molecule has 3 amide bonds. The lowest BCUT2D eigenvalue weighted by atomic mass is 9.81. The third kappa shape index (κ3) is 4.16. The Morgan fingerprint density at radius 2 is 1.79 bits per heavy atom. The summed E-state index contributed by atoms with van der Waals surface area (Å²) in [4.78, 5) is 39.0. The Hall–Kier alpha value is -3.10. The number of aromatic nitrogens is 3. The van der Waals surface area contributed by atoms with Crippen molar-refractivity contribution >= 4 is 23.4 Å². The van der Waals surface area contributed by atoms with E-state index in [1.165, 1.54) is 17.0 Å². The van der Waals surface area contributed by atoms with Crippen molar-refractivity contribution in [2.24, 2.45) is 11.8 Å². The van der Waals surface area contributed by atoms with Gasteiger partial charge in [0.2, 0.25) is 17.7 Å². The highest BCUT2D eigenvalue weighted by atomic mass is 19.1. The van der Waals surface area contributed by atoms with Gasteiger partial charge in [-0.3, -0.25) is 19.3 Å². The number of fused-ring (bicyclic) bond motifs is 2. The van der Waals surface area contributed by atoms with Crippen LogP contribution in [-0.2, 0) is 27.3 Å². The van der Waals surface area contributed by atoms with Crippen LogP contribution < -0.4 is 5.32 Å². The molecule has 2 fully saturated rings. The summed E-state index contributed by atoms with van der Waals surface area (Å²) in [6, 6.07) is 4.37. The molecule has 0 spiro atoms. The van der Waals surface area contributed by atoms with Gasteiger partial charge < -0.3 is 9.88 Å². The number of nitrogens with zero attached hydrogens (tertiary/aromatic N) is 4. The van der Waals surface area contributed by atoms with Crippen LogP contribution in [0.4, 0.5) is 10.1 Å². The summed E-state index contributed by atoms with van der Waals surface area (Å²) in [5, 5.41) is 11.2. The molecule has 1 aromatic carbocycles. The summed E-state index contributed by atoms with van der Waals surface area (Å²) in [5.74, 6) is -0.151. The van der Waals surface area contributed by atoms with Gasteiger partial charge in [0.05, 0.1) is 17.4 Å². The number of hydrogen-bond acceptors (Lipinski definition) is 5. The fourth-order valence-electron chi connectivity index (χ4n) is 5.35. The second kappa shape index (κ2) is 9.03. The Kier molecular flexibility index (Phi) is 5.95. The Morgan fingerprint density at radius 3 is 2.55 bits per heavy atom. The van der Waals surface area contributed by atoms with E-state index in [9.17, 15) is 18.8 Å². The van der Waals surface area contributed by atoms with Gasteiger partial charge in [0.1, 0.15) is 11.6 Å². The first-order valence-corrected chi connectivity index (χ1v) is 11.9. The van der Waals surface area contributed by atoms with Crippen molar-refractivity contribution in [2.45, 2.75) is 64.3 Å². The van der Waals surface area contributed by atoms with Crippen LogP contribution in [0.15, 0.2) is 18.2 Å². The number of aryl methyl sites for hydroxylation is 1. The lowest BCUT2D eigenvalue weighted by Gasteiger charge is -2.19. The molecule has 2 aromatic rings. The van der Waals surface area contributed by atoms with E-state index in [0.717, 1.165) is 63.7 Å². The molecule has 1 N–H and O–H groups in total. The van der Waals surface area contributed by atoms with Crippen LogP contribution in [0.2, 0.25) is 0 Å². The molecule has 2 atom stereocenters. The van der Waals surface area contributed by atoms with Crippen molar-refractivity contribution < 1.29 is 18.8 Å². The van der Waals surface area contributed by atoms with Gasteiger partial charge >= 0.3 is 0 Å². The Labute approximate surface area is 191 Å². The van der Waals surface area contributed by atoms with E-state index >= 15 is 0 Å². The van der Waals surface area contributed by atoms with E-state index < -0.39 is 5.82 Å². The standard InChI is InChI=1S/C24H28FN5O3/c25-19-10-9-15(14-18(19)22-28-27-20-8-2-1-5-12-29(20)22)26-21(31)11-13-30-23(32)16-6-3-4-7-17(16)24(30)33/h9-10,14,16-17H,1-8,11-13H2,(H,26,31)/t16-,17-/m1/s1. The molecule has 174 valence electrons. The summed E-state index contributed by atoms with van der Waals surface area (Å²) in [7, 11) is 0. The maximum absolute atomic E-state index is 14.7. The molecule has 9 heteroatoms. The normalized spacial score (nSPS) is 22.6. The molecule has 3 heterocycles. The number of benzene rings is 1. The molecule has 0 bridgehead atoms. The Morgan fingerprint density at radius 1 is 1.03 bits per heavy atom. The lowest BCUT2D eigenvalue weighted by molar-refractivity contribution is -0.140. The summed E-state index contributed by atoms with van der Waals surface area (Å²) in [6.07, 6.45) is 7.40. The minimum Gasteiger partial charge on any atom is -0.326 e. The van der Waals surface area contributed by atoms with Gasteiger partial charge in [0.25, 0.3) is 0 Å². The molecular weight excluding hydrogens is 425 g/mol. The number of imide groups is 1. The largest absolute Gasteiger partial charge is 0.326 e. The molecule has 2 aliphatic heterocycles. The highest BCUT2D eigenvalue weighted by Gasteiger charge is 2.47. The van der Waals surface area contributed by atoms with Crippen molar-refractivity contribution in [3.05, 3.63) is 29.8 Å². The highest BCUT2D eigenvalue weighted by Crippen LogP contribution is 2.38. The molecule has 1 aromatic heterocycles. The zero-order valence-corrected chi connectivity index (χ0v) is 18.6. The van der Waals surface area contributed by atoms with Gasteiger partial charge in [-0.05, 0) is 43.9 Å². The predicted molar refractivity (Wildman–Crippen MR) is 118 cm³/mol. The minimum absolute atomic E-state index is 0.00393. The average Bonchev–Trinajstić information content (AvgIpc) is 3.21. The van der Waals surface area contributed by atoms with E-state index in [2.05, 4.69) is 15.5 Å². The first kappa shape index (κ1) is 21.7. The highest BCUT2D eigenvalue weighted by molar-refractivity contribution is 6.05. The van der Waals surface area contributed by atoms with Crippen molar-refractivity contribution in [2.75, 3.05) is 11.9 Å². The number of carbonyl (C=O) groups excluding carboxylic acids is 3. The number of likely N-dealkylation sites (tertiary alicyclic amines) is 1. The smallest absolute Gasteiger partial charge is 0.233 e. The summed E-state index contributed by atoms with van der Waals surface area (Å²) in [5.41, 5.74) is 0.734. The zero-order chi connectivity index (χ0) is 22.9. The van der Waals surface area contributed by atoms with Crippen LogP contribution in [0.3, 0.4) is 0 Å². The van der Waals surface area contributed by atoms with Crippen LogP contribution in [-0.4, -0.2) is 43.9 Å². The van der Waals surface area contributed by atoms with Crippen LogP contribution in [0.25, 0.3) is 11.4 Å². The fourth-order valence-corrected chi connectivity index (χ4v) is 5.35. The van der Waals surface area contributed by atoms with E-state index in [1.54, 1.807) is 6.07 Å². The van der Waals surface area contributed by atoms with Gasteiger partial charge in [0.15, 0.2) is 5.82 Å². The Bertz CT molecular complexity index is 1070. The second-order valence-corrected chi connectivity index (χ2v) is 9.22. The molecule has 3 aliphatic rings. The van der Waals surface area contributed by atoms with Crippen LogP contribution in [0.1, 0.15) is 57.2 Å². The molecule has 5 rings (SSSR count). The predicted octanol–water partition coefficient (Wildman–Crippen LogP) is 3.31. The monoisotopic (exact) mass is 453 g/mol. The van der Waals surface area contributed by atoms with Gasteiger partial charge in [-0.25, -0.2) is 4.39 Å². The molecule has 0 radical (unpaired) electrons. The van der Waals surface area contributed by atoms with Crippen molar-refractivity contribution in [1.29, 1.82) is 0 Å². The number of nitrogens with one attached hydrogen (secondary N) is 1. The quantitative estimate of drug-likeness (QED) is 0.701. The van der Waals surface area contributed by atoms with Gasteiger partial charge in [-0.2, -0.15) is 0 Å². The maximum Gasteiger partial charge on any atom is 0.233 e. The molecule has 0 unspecified atom stereocenters. The van der Waals surface area contributed by atoms with Gasteiger partial charge in [-0.1, -0.05) is 19.3 Å². The van der Waals surface area contributed by atoms with Gasteiger partial charge in [-0.15, -0.1) is 10.2 Å². The van der Waals surface area contributed by atoms with Crippen molar-refractivity contribution in [1.82, 2.24) is 19.7 Å². The second-order valence-electron chi connectivity index (χ2n) is 9.22. The number of halogens is 1. The third-order valence-corrected chi connectivity index (χ3v) is 7.10. The van der Waals surface area contributed by atoms with Crippen LogP contribution in [0, 0.1) is 17.7 Å². The van der Waals surface area contributed by atoms with Gasteiger partial charge in [0, 0.05) is 31.6 Å². The lowest BCUT2D eigenvalue weighted by Crippen LogP contribution is -2.34. The van der Waals surface area contributed by atoms with E-state index in [1.807, 2.05) is 4.57 Å². The molecule has 1 saturated carbocycles. The van der Waals surface area contributed by atoms with Crippen molar-refractivity contribution in [3.8, 4) is 11.4 Å². The van der Waals surface area contributed by atoms with E-state index in [4.69, 9.17) is 0 Å². The molecule has 33 heavy (non-hydrogen) atoms. The molecule has 1 aliphatic carbocycles. The zero-order valence-electron chi connectivity index (χ0n) is 18.6. The number of anilines is 1. The first-order valence-electron chi connectivity index (χ1n) is 11.9. The summed E-state index contributed by atoms with van der Waals surface area (Å²) in [6.45, 7) is 0.815. The topological polar surface area (TPSA) is 97.2 Å². The molecule has 8 nitrogen and oxygen atoms in total. The number of carbonyl (C=O) groups is 3. The number of rotatable bonds is 5. The van der Waals surface area contributed by atoms with Crippen LogP contribution >= 0.6 is 0 Å². The fraction of sp³-hybridized carbons (Fsp3) is 0.542. The van der Waals surface area contributed by atoms with Crippen LogP contribution in [0.5, 0.6) is 0 Å². The average molecular weight is 454 g/mol. The van der Waals surface area contributed by atoms with Crippen molar-refractivity contribution in [3.63, 3.8) is 0 Å². The van der Waals surface area contributed by atoms with E-state index in [-0.39, 0.29) is 42.5 Å². The summed E-state index contributed by atoms with van der Waals surface area (Å²) < 4.78 is 16.6. The Balaban J connectivity index is 1.26. The first-order chi connectivity index (χ1) is 16.0. The SMILES string of the molecule is O=C(CCN1C(=O)[C@@H]2CCCC[C@H]2C1=O)Nc1ccc(F)c(-c2nnc3n2CCCCC3)c1. The maximum atomic E-state index is 14.7. The minimum atomic E-state index is -0.427. The molecular formula is C24H28FN5O3. The summed E-state index contributed by atoms with van der Waals surface area (Å²) >= 11 is 0. The third-order valence-electron chi connectivity index (χ3n) is 7.10. The van der Waals surface area contributed by atoms with E-state index in [0.29, 0.717) is 17.1 Å². The number of amides is 3.